The zero-order chi connectivity index (χ0) is 23.1. The molecule has 6 rings (SSSR count). The van der Waals surface area contributed by atoms with Gasteiger partial charge in [-0.1, -0.05) is 18.2 Å². The molecule has 170 valence electrons. The van der Waals surface area contributed by atoms with E-state index in [9.17, 15) is 4.79 Å². The lowest BCUT2D eigenvalue weighted by Crippen LogP contribution is -2.37. The van der Waals surface area contributed by atoms with Gasteiger partial charge in [0, 0.05) is 30.5 Å². The highest BCUT2D eigenvalue weighted by atomic mass is 19.1. The van der Waals surface area contributed by atoms with Crippen molar-refractivity contribution in [2.75, 3.05) is 36.5 Å². The summed E-state index contributed by atoms with van der Waals surface area (Å²) in [6, 6.07) is 14.3. The molecule has 0 unspecified atom stereocenters. The molecule has 0 aliphatic carbocycles. The number of ether oxygens (including phenoxy) is 1. The summed E-state index contributed by atoms with van der Waals surface area (Å²) in [7, 11) is 0. The van der Waals surface area contributed by atoms with Crippen molar-refractivity contribution >= 4 is 34.0 Å². The number of nitrogens with one attached hydrogen (secondary N) is 2. The number of carbonyl (C=O) groups excluding carboxylic acids is 1. The fraction of sp³-hybridized carbons (Fsp3) is 0.167. The molecule has 0 radical (unpaired) electrons. The van der Waals surface area contributed by atoms with Gasteiger partial charge in [-0.05, 0) is 30.3 Å². The Morgan fingerprint density at radius 3 is 2.82 bits per heavy atom. The Labute approximate surface area is 193 Å². The Kier molecular flexibility index (Phi) is 4.92. The topological polar surface area (TPSA) is 100 Å². The Morgan fingerprint density at radius 2 is 1.94 bits per heavy atom. The standard InChI is InChI=1S/C24H20FN7O2/c25-18-13-16-22(27-21(18)17-14-26-32-8-4-3-7-20(17)32)29-30-23(16)28-24(33)15-5-1-2-6-19(15)31-9-11-34-12-10-31/h1-8,13-14H,9-12H2,(H2,27,28,29,30,33). The average molecular weight is 457 g/mol. The minimum atomic E-state index is -0.531. The second-order valence-corrected chi connectivity index (χ2v) is 7.95. The van der Waals surface area contributed by atoms with Gasteiger partial charge in [0.1, 0.15) is 5.69 Å². The molecule has 5 aromatic rings. The smallest absolute Gasteiger partial charge is 0.258 e. The van der Waals surface area contributed by atoms with Crippen LogP contribution in [0.2, 0.25) is 0 Å². The number of nitrogens with zero attached hydrogens (tertiary/aromatic N) is 5. The van der Waals surface area contributed by atoms with Gasteiger partial charge in [-0.2, -0.15) is 10.2 Å². The number of morpholine rings is 1. The first-order valence-electron chi connectivity index (χ1n) is 10.9. The zero-order valence-corrected chi connectivity index (χ0v) is 18.0. The van der Waals surface area contributed by atoms with Gasteiger partial charge in [0.2, 0.25) is 0 Å². The lowest BCUT2D eigenvalue weighted by Gasteiger charge is -2.30. The molecule has 2 N–H and O–H groups in total. The van der Waals surface area contributed by atoms with Crippen LogP contribution < -0.4 is 10.2 Å². The van der Waals surface area contributed by atoms with Crippen LogP contribution >= 0.6 is 0 Å². The van der Waals surface area contributed by atoms with Crippen LogP contribution in [0.1, 0.15) is 10.4 Å². The molecule has 34 heavy (non-hydrogen) atoms. The molecule has 1 aliphatic heterocycles. The second-order valence-electron chi connectivity index (χ2n) is 7.95. The van der Waals surface area contributed by atoms with E-state index in [0.29, 0.717) is 48.5 Å². The number of H-pyrrole nitrogens is 1. The summed E-state index contributed by atoms with van der Waals surface area (Å²) < 4.78 is 22.2. The second kappa shape index (κ2) is 8.23. The van der Waals surface area contributed by atoms with Gasteiger partial charge in [0.05, 0.1) is 35.9 Å². The zero-order valence-electron chi connectivity index (χ0n) is 18.0. The van der Waals surface area contributed by atoms with Crippen molar-refractivity contribution in [3.8, 4) is 11.3 Å². The molecule has 0 spiro atoms. The van der Waals surface area contributed by atoms with Crippen LogP contribution in [-0.2, 0) is 4.74 Å². The van der Waals surface area contributed by atoms with Crippen LogP contribution in [-0.4, -0.2) is 57.0 Å². The third kappa shape index (κ3) is 3.44. The number of rotatable bonds is 4. The predicted molar refractivity (Wildman–Crippen MR) is 125 cm³/mol. The monoisotopic (exact) mass is 457 g/mol. The predicted octanol–water partition coefficient (Wildman–Crippen LogP) is 3.50. The quantitative estimate of drug-likeness (QED) is 0.429. The van der Waals surface area contributed by atoms with Crippen LogP contribution in [0.3, 0.4) is 0 Å². The lowest BCUT2D eigenvalue weighted by atomic mass is 10.1. The number of pyridine rings is 2. The molecule has 0 atom stereocenters. The SMILES string of the molecule is O=C(Nc1n[nH]c2nc(-c3cnn4ccccc34)c(F)cc12)c1ccccc1N1CCOCC1. The normalized spacial score (nSPS) is 14.1. The first-order chi connectivity index (χ1) is 16.7. The van der Waals surface area contributed by atoms with Gasteiger partial charge in [0.15, 0.2) is 17.3 Å². The van der Waals surface area contributed by atoms with Gasteiger partial charge in [-0.15, -0.1) is 0 Å². The van der Waals surface area contributed by atoms with Crippen LogP contribution in [0.25, 0.3) is 27.8 Å². The molecule has 10 heteroatoms. The maximum absolute atomic E-state index is 15.2. The third-order valence-corrected chi connectivity index (χ3v) is 5.92. The van der Waals surface area contributed by atoms with Gasteiger partial charge >= 0.3 is 0 Å². The van der Waals surface area contributed by atoms with E-state index in [-0.39, 0.29) is 17.4 Å². The number of aromatic amines is 1. The van der Waals surface area contributed by atoms with Gasteiger partial charge in [0.25, 0.3) is 5.91 Å². The maximum atomic E-state index is 15.2. The summed E-state index contributed by atoms with van der Waals surface area (Å²) in [5, 5.41) is 14.4. The van der Waals surface area contributed by atoms with Crippen molar-refractivity contribution in [1.29, 1.82) is 0 Å². The molecule has 5 heterocycles. The number of hydrogen-bond donors (Lipinski definition) is 2. The highest BCUT2D eigenvalue weighted by Crippen LogP contribution is 2.30. The largest absolute Gasteiger partial charge is 0.378 e. The van der Waals surface area contributed by atoms with Gasteiger partial charge in [-0.25, -0.2) is 13.9 Å². The number of anilines is 2. The summed E-state index contributed by atoms with van der Waals surface area (Å²) in [5.74, 6) is -0.644. The lowest BCUT2D eigenvalue weighted by molar-refractivity contribution is 0.102. The van der Waals surface area contributed by atoms with Crippen LogP contribution in [0, 0.1) is 5.82 Å². The molecule has 1 fully saturated rings. The molecule has 0 bridgehead atoms. The number of halogens is 1. The Hall–Kier alpha value is -4.31. The average Bonchev–Trinajstić information content (AvgIpc) is 3.48. The molecular weight excluding hydrogens is 437 g/mol. The number of hydrogen-bond acceptors (Lipinski definition) is 6. The van der Waals surface area contributed by atoms with Crippen molar-refractivity contribution in [3.63, 3.8) is 0 Å². The maximum Gasteiger partial charge on any atom is 0.258 e. The third-order valence-electron chi connectivity index (χ3n) is 5.92. The van der Waals surface area contributed by atoms with Crippen LogP contribution in [0.15, 0.2) is 60.9 Å². The summed E-state index contributed by atoms with van der Waals surface area (Å²) in [5.41, 5.74) is 3.16. The summed E-state index contributed by atoms with van der Waals surface area (Å²) in [6.45, 7) is 2.63. The fourth-order valence-electron chi connectivity index (χ4n) is 4.25. The highest BCUT2D eigenvalue weighted by Gasteiger charge is 2.21. The molecule has 9 nitrogen and oxygen atoms in total. The number of carbonyl (C=O) groups is 1. The van der Waals surface area contributed by atoms with E-state index < -0.39 is 5.82 Å². The highest BCUT2D eigenvalue weighted by molar-refractivity contribution is 6.10. The minimum Gasteiger partial charge on any atom is -0.378 e. The first-order valence-corrected chi connectivity index (χ1v) is 10.9. The van der Waals surface area contributed by atoms with Crippen LogP contribution in [0.4, 0.5) is 15.9 Å². The number of aromatic nitrogens is 5. The number of fused-ring (bicyclic) bond motifs is 2. The minimum absolute atomic E-state index is 0.160. The Morgan fingerprint density at radius 1 is 1.12 bits per heavy atom. The van der Waals surface area contributed by atoms with E-state index in [0.717, 1.165) is 11.2 Å². The molecule has 1 amide bonds. The molecule has 1 aromatic carbocycles. The van der Waals surface area contributed by atoms with E-state index >= 15 is 4.39 Å². The molecular formula is C24H20FN7O2. The molecule has 4 aromatic heterocycles. The summed E-state index contributed by atoms with van der Waals surface area (Å²) in [4.78, 5) is 19.7. The van der Waals surface area contributed by atoms with E-state index in [4.69, 9.17) is 4.74 Å². The molecule has 1 saturated heterocycles. The number of benzene rings is 1. The van der Waals surface area contributed by atoms with E-state index in [1.807, 2.05) is 36.4 Å². The molecule has 1 aliphatic rings. The van der Waals surface area contributed by atoms with E-state index in [1.165, 1.54) is 6.07 Å². The summed E-state index contributed by atoms with van der Waals surface area (Å²) in [6.07, 6.45) is 3.36. The van der Waals surface area contributed by atoms with Crippen molar-refractivity contribution < 1.29 is 13.9 Å². The van der Waals surface area contributed by atoms with Crippen molar-refractivity contribution in [3.05, 3.63) is 72.3 Å². The Balaban J connectivity index is 1.33. The van der Waals surface area contributed by atoms with Gasteiger partial charge < -0.3 is 15.0 Å². The number of amides is 1. The Bertz CT molecular complexity index is 1520. The van der Waals surface area contributed by atoms with E-state index in [2.05, 4.69) is 30.5 Å². The van der Waals surface area contributed by atoms with Crippen molar-refractivity contribution in [2.45, 2.75) is 0 Å². The van der Waals surface area contributed by atoms with Gasteiger partial charge in [-0.3, -0.25) is 9.89 Å². The van der Waals surface area contributed by atoms with Crippen LogP contribution in [0.5, 0.6) is 0 Å². The first kappa shape index (κ1) is 20.3. The molecule has 0 saturated carbocycles. The van der Waals surface area contributed by atoms with Crippen molar-refractivity contribution in [2.24, 2.45) is 0 Å². The number of para-hydroxylation sites is 1. The van der Waals surface area contributed by atoms with E-state index in [1.54, 1.807) is 23.0 Å². The van der Waals surface area contributed by atoms with Crippen molar-refractivity contribution in [1.82, 2.24) is 24.8 Å². The fourth-order valence-corrected chi connectivity index (χ4v) is 4.25. The summed E-state index contributed by atoms with van der Waals surface area (Å²) >= 11 is 0.